The second-order valence-electron chi connectivity index (χ2n) is 7.10. The number of hydrogen-bond acceptors (Lipinski definition) is 4. The summed E-state index contributed by atoms with van der Waals surface area (Å²) in [5, 5.41) is 4.79. The fourth-order valence-electron chi connectivity index (χ4n) is 3.72. The molecule has 0 saturated carbocycles. The van der Waals surface area contributed by atoms with Gasteiger partial charge in [-0.2, -0.15) is 5.10 Å². The Kier molecular flexibility index (Phi) is 5.62. The predicted octanol–water partition coefficient (Wildman–Crippen LogP) is 3.33. The lowest BCUT2D eigenvalue weighted by atomic mass is 10.1. The van der Waals surface area contributed by atoms with Gasteiger partial charge in [0, 0.05) is 37.9 Å². The Hall–Kier alpha value is -3.12. The molecule has 0 atom stereocenters. The molecule has 4 rings (SSSR count). The van der Waals surface area contributed by atoms with E-state index in [1.165, 1.54) is 0 Å². The van der Waals surface area contributed by atoms with E-state index in [1.807, 2.05) is 65.7 Å². The fourth-order valence-corrected chi connectivity index (χ4v) is 3.72. The molecule has 1 aliphatic heterocycles. The van der Waals surface area contributed by atoms with Crippen LogP contribution in [0.3, 0.4) is 0 Å². The zero-order valence-electron chi connectivity index (χ0n) is 16.9. The molecule has 3 aromatic rings. The van der Waals surface area contributed by atoms with Crippen LogP contribution in [-0.4, -0.2) is 65.3 Å². The number of para-hydroxylation sites is 2. The van der Waals surface area contributed by atoms with Crippen LogP contribution in [0.25, 0.3) is 16.9 Å². The van der Waals surface area contributed by atoms with Crippen LogP contribution >= 0.6 is 0 Å². The normalized spacial score (nSPS) is 14.8. The van der Waals surface area contributed by atoms with E-state index in [4.69, 9.17) is 9.84 Å². The Morgan fingerprint density at radius 1 is 1.00 bits per heavy atom. The molecular formula is C23H26N4O2. The molecule has 6 heteroatoms. The SMILES string of the molecule is CCN1CCN(C(=O)c2cn(-c3ccccc3)nc2-c2ccccc2OC)CC1. The maximum Gasteiger partial charge on any atom is 0.257 e. The van der Waals surface area contributed by atoms with Gasteiger partial charge in [-0.1, -0.05) is 37.3 Å². The van der Waals surface area contributed by atoms with Crippen molar-refractivity contribution in [2.75, 3.05) is 39.8 Å². The number of ether oxygens (including phenoxy) is 1. The number of carbonyl (C=O) groups is 1. The molecule has 0 N–H and O–H groups in total. The van der Waals surface area contributed by atoms with Crippen molar-refractivity contribution in [3.63, 3.8) is 0 Å². The summed E-state index contributed by atoms with van der Waals surface area (Å²) in [5.41, 5.74) is 2.98. The summed E-state index contributed by atoms with van der Waals surface area (Å²) in [6.45, 7) is 6.43. The van der Waals surface area contributed by atoms with E-state index >= 15 is 0 Å². The highest BCUT2D eigenvalue weighted by atomic mass is 16.5. The molecule has 1 aromatic heterocycles. The van der Waals surface area contributed by atoms with Crippen molar-refractivity contribution in [1.82, 2.24) is 19.6 Å². The highest BCUT2D eigenvalue weighted by Crippen LogP contribution is 2.32. The Balaban J connectivity index is 1.75. The fraction of sp³-hybridized carbons (Fsp3) is 0.304. The van der Waals surface area contributed by atoms with Gasteiger partial charge in [-0.3, -0.25) is 4.79 Å². The molecule has 29 heavy (non-hydrogen) atoms. The van der Waals surface area contributed by atoms with Crippen molar-refractivity contribution in [1.29, 1.82) is 0 Å². The quantitative estimate of drug-likeness (QED) is 0.671. The highest BCUT2D eigenvalue weighted by molar-refractivity contribution is 6.00. The standard InChI is InChI=1S/C23H26N4O2/c1-3-25-13-15-26(16-14-25)23(28)20-17-27(18-9-5-4-6-10-18)24-22(20)19-11-7-8-12-21(19)29-2/h4-12,17H,3,13-16H2,1-2H3. The highest BCUT2D eigenvalue weighted by Gasteiger charge is 2.27. The Bertz CT molecular complexity index is 976. The molecule has 2 aromatic carbocycles. The molecule has 1 aliphatic rings. The number of nitrogens with zero attached hydrogens (tertiary/aromatic N) is 4. The number of methoxy groups -OCH3 is 1. The average molecular weight is 390 g/mol. The van der Waals surface area contributed by atoms with E-state index in [0.29, 0.717) is 17.0 Å². The van der Waals surface area contributed by atoms with Crippen LogP contribution in [0.4, 0.5) is 0 Å². The predicted molar refractivity (Wildman–Crippen MR) is 114 cm³/mol. The van der Waals surface area contributed by atoms with E-state index < -0.39 is 0 Å². The first-order chi connectivity index (χ1) is 14.2. The third-order valence-electron chi connectivity index (χ3n) is 5.43. The molecule has 1 amide bonds. The Labute approximate surface area is 171 Å². The van der Waals surface area contributed by atoms with Gasteiger partial charge in [0.15, 0.2) is 0 Å². The van der Waals surface area contributed by atoms with Gasteiger partial charge in [0.2, 0.25) is 0 Å². The third kappa shape index (κ3) is 3.89. The van der Waals surface area contributed by atoms with Crippen LogP contribution in [0.2, 0.25) is 0 Å². The number of hydrogen-bond donors (Lipinski definition) is 0. The maximum absolute atomic E-state index is 13.4. The maximum atomic E-state index is 13.4. The molecule has 1 saturated heterocycles. The summed E-state index contributed by atoms with van der Waals surface area (Å²) in [6.07, 6.45) is 1.84. The molecule has 0 bridgehead atoms. The minimum atomic E-state index is 0.0174. The number of likely N-dealkylation sites (N-methyl/N-ethyl adjacent to an activating group) is 1. The second-order valence-corrected chi connectivity index (χ2v) is 7.10. The molecule has 0 aliphatic carbocycles. The topological polar surface area (TPSA) is 50.6 Å². The van der Waals surface area contributed by atoms with Crippen LogP contribution in [0.1, 0.15) is 17.3 Å². The van der Waals surface area contributed by atoms with Crippen LogP contribution < -0.4 is 4.74 Å². The van der Waals surface area contributed by atoms with Gasteiger partial charge >= 0.3 is 0 Å². The van der Waals surface area contributed by atoms with Gasteiger partial charge in [0.1, 0.15) is 11.4 Å². The zero-order chi connectivity index (χ0) is 20.2. The minimum absolute atomic E-state index is 0.0174. The molecular weight excluding hydrogens is 364 g/mol. The molecule has 0 unspecified atom stereocenters. The van der Waals surface area contributed by atoms with Crippen molar-refractivity contribution in [3.05, 3.63) is 66.4 Å². The second kappa shape index (κ2) is 8.49. The van der Waals surface area contributed by atoms with E-state index in [1.54, 1.807) is 11.8 Å². The van der Waals surface area contributed by atoms with Crippen LogP contribution in [0.5, 0.6) is 5.75 Å². The van der Waals surface area contributed by atoms with Gasteiger partial charge in [-0.25, -0.2) is 4.68 Å². The van der Waals surface area contributed by atoms with Crippen molar-refractivity contribution >= 4 is 5.91 Å². The Morgan fingerprint density at radius 3 is 2.38 bits per heavy atom. The lowest BCUT2D eigenvalue weighted by Gasteiger charge is -2.34. The molecule has 0 spiro atoms. The minimum Gasteiger partial charge on any atom is -0.496 e. The van der Waals surface area contributed by atoms with Crippen molar-refractivity contribution in [3.8, 4) is 22.7 Å². The van der Waals surface area contributed by atoms with Gasteiger partial charge < -0.3 is 14.5 Å². The summed E-state index contributed by atoms with van der Waals surface area (Å²) < 4.78 is 7.32. The van der Waals surface area contributed by atoms with Crippen LogP contribution in [0, 0.1) is 0 Å². The monoisotopic (exact) mass is 390 g/mol. The van der Waals surface area contributed by atoms with Crippen molar-refractivity contribution in [2.24, 2.45) is 0 Å². The van der Waals surface area contributed by atoms with Gasteiger partial charge in [0.05, 0.1) is 18.4 Å². The summed E-state index contributed by atoms with van der Waals surface area (Å²) in [6, 6.07) is 17.5. The van der Waals surface area contributed by atoms with Crippen LogP contribution in [0.15, 0.2) is 60.8 Å². The third-order valence-corrected chi connectivity index (χ3v) is 5.43. The first-order valence-corrected chi connectivity index (χ1v) is 10.0. The number of carbonyl (C=O) groups excluding carboxylic acids is 1. The number of piperazine rings is 1. The molecule has 2 heterocycles. The number of benzene rings is 2. The van der Waals surface area contributed by atoms with Crippen molar-refractivity contribution in [2.45, 2.75) is 6.92 Å². The number of rotatable bonds is 5. The van der Waals surface area contributed by atoms with Gasteiger partial charge in [-0.05, 0) is 30.8 Å². The summed E-state index contributed by atoms with van der Waals surface area (Å²) >= 11 is 0. The lowest BCUT2D eigenvalue weighted by molar-refractivity contribution is 0.0644. The van der Waals surface area contributed by atoms with Crippen LogP contribution in [-0.2, 0) is 0 Å². The van der Waals surface area contributed by atoms with E-state index in [-0.39, 0.29) is 5.91 Å². The van der Waals surface area contributed by atoms with Gasteiger partial charge in [0.25, 0.3) is 5.91 Å². The molecule has 1 fully saturated rings. The number of amides is 1. The molecule has 150 valence electrons. The van der Waals surface area contributed by atoms with Gasteiger partial charge in [-0.15, -0.1) is 0 Å². The first kappa shape index (κ1) is 19.2. The summed E-state index contributed by atoms with van der Waals surface area (Å²) in [4.78, 5) is 17.7. The van der Waals surface area contributed by atoms with E-state index in [9.17, 15) is 4.79 Å². The molecule has 6 nitrogen and oxygen atoms in total. The lowest BCUT2D eigenvalue weighted by Crippen LogP contribution is -2.48. The average Bonchev–Trinajstić information content (AvgIpc) is 3.24. The van der Waals surface area contributed by atoms with Crippen molar-refractivity contribution < 1.29 is 9.53 Å². The largest absolute Gasteiger partial charge is 0.496 e. The summed E-state index contributed by atoms with van der Waals surface area (Å²) in [7, 11) is 1.64. The zero-order valence-corrected chi connectivity index (χ0v) is 16.9. The molecule has 0 radical (unpaired) electrons. The first-order valence-electron chi connectivity index (χ1n) is 10.0. The summed E-state index contributed by atoms with van der Waals surface area (Å²) in [5.74, 6) is 0.722. The number of aromatic nitrogens is 2. The van der Waals surface area contributed by atoms with E-state index in [0.717, 1.165) is 44.0 Å². The van der Waals surface area contributed by atoms with E-state index in [2.05, 4.69) is 11.8 Å². The Morgan fingerprint density at radius 2 is 1.69 bits per heavy atom. The smallest absolute Gasteiger partial charge is 0.257 e.